The summed E-state index contributed by atoms with van der Waals surface area (Å²) >= 11 is 6.36. The van der Waals surface area contributed by atoms with Crippen molar-refractivity contribution in [2.45, 2.75) is 44.8 Å². The van der Waals surface area contributed by atoms with Crippen LogP contribution in [0.1, 0.15) is 47.2 Å². The SMILES string of the molecule is Cc1nc(N2CCC(c3nnc4n3-c3ccc(Cl)cc3CN(C3CS(=O)(=O)C3)C4)CC2)ccc1C#N. The van der Waals surface area contributed by atoms with E-state index in [9.17, 15) is 13.7 Å². The number of nitriles is 1. The Kier molecular flexibility index (Phi) is 5.74. The molecule has 3 aromatic rings. The lowest BCUT2D eigenvalue weighted by molar-refractivity contribution is 0.193. The molecule has 36 heavy (non-hydrogen) atoms. The van der Waals surface area contributed by atoms with Crippen LogP contribution in [0.15, 0.2) is 30.3 Å². The summed E-state index contributed by atoms with van der Waals surface area (Å²) in [6.45, 7) is 4.72. The smallest absolute Gasteiger partial charge is 0.153 e. The van der Waals surface area contributed by atoms with Crippen LogP contribution >= 0.6 is 11.6 Å². The Hall–Kier alpha value is -3.00. The quantitative estimate of drug-likeness (QED) is 0.515. The summed E-state index contributed by atoms with van der Waals surface area (Å²) in [4.78, 5) is 9.08. The van der Waals surface area contributed by atoms with Crippen LogP contribution in [-0.4, -0.2) is 63.7 Å². The fourth-order valence-corrected chi connectivity index (χ4v) is 7.22. The third-order valence-corrected chi connectivity index (χ3v) is 9.56. The fourth-order valence-electron chi connectivity index (χ4n) is 5.53. The minimum absolute atomic E-state index is 0.0138. The van der Waals surface area contributed by atoms with Crippen molar-refractivity contribution in [1.82, 2.24) is 24.6 Å². The second-order valence-corrected chi connectivity index (χ2v) is 12.5. The van der Waals surface area contributed by atoms with Crippen molar-refractivity contribution >= 4 is 27.3 Å². The van der Waals surface area contributed by atoms with Gasteiger partial charge in [0.05, 0.1) is 35.0 Å². The first-order chi connectivity index (χ1) is 17.3. The molecule has 3 aliphatic heterocycles. The predicted molar refractivity (Wildman–Crippen MR) is 136 cm³/mol. The minimum Gasteiger partial charge on any atom is -0.357 e. The Morgan fingerprint density at radius 3 is 2.56 bits per heavy atom. The average molecular weight is 524 g/mol. The van der Waals surface area contributed by atoms with E-state index in [1.165, 1.54) is 0 Å². The maximum atomic E-state index is 11.9. The zero-order chi connectivity index (χ0) is 25.0. The number of fused-ring (bicyclic) bond motifs is 3. The zero-order valence-electron chi connectivity index (χ0n) is 19.9. The van der Waals surface area contributed by atoms with Gasteiger partial charge in [-0.15, -0.1) is 10.2 Å². The van der Waals surface area contributed by atoms with E-state index in [2.05, 4.69) is 35.6 Å². The second kappa shape index (κ2) is 8.83. The molecule has 0 N–H and O–H groups in total. The van der Waals surface area contributed by atoms with E-state index in [0.29, 0.717) is 23.7 Å². The molecule has 1 aromatic carbocycles. The fraction of sp³-hybridized carbons (Fsp3) is 0.440. The first kappa shape index (κ1) is 23.4. The summed E-state index contributed by atoms with van der Waals surface area (Å²) in [5, 5.41) is 19.1. The van der Waals surface area contributed by atoms with E-state index in [1.807, 2.05) is 37.3 Å². The zero-order valence-corrected chi connectivity index (χ0v) is 21.5. The molecule has 5 heterocycles. The van der Waals surface area contributed by atoms with Gasteiger partial charge < -0.3 is 4.90 Å². The van der Waals surface area contributed by atoms with Crippen molar-refractivity contribution < 1.29 is 8.42 Å². The lowest BCUT2D eigenvalue weighted by atomic mass is 9.95. The van der Waals surface area contributed by atoms with E-state index in [0.717, 1.165) is 60.3 Å². The standard InChI is InChI=1S/C25H26ClN7O2S/c1-16-18(11-27)2-5-23(28-16)31-8-6-17(7-9-31)25-30-29-24-13-32(21-14-36(34,35)15-21)12-19-10-20(26)3-4-22(19)33(24)25/h2-5,10,17,21H,6-9,12-15H2,1H3. The molecule has 6 rings (SSSR count). The summed E-state index contributed by atoms with van der Waals surface area (Å²) in [5.41, 5.74) is 3.43. The summed E-state index contributed by atoms with van der Waals surface area (Å²) in [7, 11) is -2.94. The third-order valence-electron chi connectivity index (χ3n) is 7.54. The first-order valence-electron chi connectivity index (χ1n) is 12.1. The Morgan fingerprint density at radius 1 is 1.08 bits per heavy atom. The van der Waals surface area contributed by atoms with Crippen LogP contribution in [0.4, 0.5) is 5.82 Å². The number of hydrogen-bond donors (Lipinski definition) is 0. The summed E-state index contributed by atoms with van der Waals surface area (Å²) in [6.07, 6.45) is 1.82. The number of rotatable bonds is 3. The highest BCUT2D eigenvalue weighted by atomic mass is 35.5. The highest BCUT2D eigenvalue weighted by Crippen LogP contribution is 2.35. The Labute approximate surface area is 215 Å². The molecule has 11 heteroatoms. The minimum atomic E-state index is -2.94. The molecule has 0 unspecified atom stereocenters. The number of sulfone groups is 1. The van der Waals surface area contributed by atoms with Crippen molar-refractivity contribution in [1.29, 1.82) is 5.26 Å². The van der Waals surface area contributed by atoms with Gasteiger partial charge in [0.25, 0.3) is 0 Å². The molecule has 0 bridgehead atoms. The van der Waals surface area contributed by atoms with Crippen molar-refractivity contribution in [3.8, 4) is 11.8 Å². The normalized spacial score (nSPS) is 20.2. The monoisotopic (exact) mass is 523 g/mol. The van der Waals surface area contributed by atoms with Crippen LogP contribution in [0.25, 0.3) is 5.69 Å². The van der Waals surface area contributed by atoms with E-state index in [-0.39, 0.29) is 23.5 Å². The maximum absolute atomic E-state index is 11.9. The number of aryl methyl sites for hydroxylation is 1. The van der Waals surface area contributed by atoms with Crippen LogP contribution in [-0.2, 0) is 22.9 Å². The number of piperidine rings is 1. The molecule has 0 aliphatic carbocycles. The number of halogens is 1. The van der Waals surface area contributed by atoms with Crippen LogP contribution in [0, 0.1) is 18.3 Å². The molecule has 2 fully saturated rings. The molecular weight excluding hydrogens is 498 g/mol. The molecule has 2 aromatic heterocycles. The molecule has 0 atom stereocenters. The van der Waals surface area contributed by atoms with Crippen LogP contribution in [0.5, 0.6) is 0 Å². The van der Waals surface area contributed by atoms with Gasteiger partial charge in [0.2, 0.25) is 0 Å². The van der Waals surface area contributed by atoms with Crippen molar-refractivity contribution in [3.63, 3.8) is 0 Å². The topological polar surface area (TPSA) is 108 Å². The predicted octanol–water partition coefficient (Wildman–Crippen LogP) is 2.99. The Bertz CT molecular complexity index is 1480. The van der Waals surface area contributed by atoms with Crippen molar-refractivity contribution in [2.75, 3.05) is 29.5 Å². The van der Waals surface area contributed by atoms with E-state index in [4.69, 9.17) is 11.6 Å². The van der Waals surface area contributed by atoms with E-state index in [1.54, 1.807) is 0 Å². The summed E-state index contributed by atoms with van der Waals surface area (Å²) in [6, 6.07) is 11.8. The van der Waals surface area contributed by atoms with E-state index >= 15 is 0 Å². The molecule has 0 amide bonds. The van der Waals surface area contributed by atoms with Gasteiger partial charge in [0.15, 0.2) is 15.7 Å². The lowest BCUT2D eigenvalue weighted by Gasteiger charge is -2.35. The number of hydrogen-bond acceptors (Lipinski definition) is 8. The molecule has 186 valence electrons. The van der Waals surface area contributed by atoms with E-state index < -0.39 is 9.84 Å². The van der Waals surface area contributed by atoms with Gasteiger partial charge in [-0.2, -0.15) is 5.26 Å². The van der Waals surface area contributed by atoms with Crippen LogP contribution in [0.3, 0.4) is 0 Å². The third kappa shape index (κ3) is 4.15. The molecule has 0 saturated carbocycles. The summed E-state index contributed by atoms with van der Waals surface area (Å²) in [5.74, 6) is 3.29. The second-order valence-electron chi connectivity index (χ2n) is 9.89. The number of pyridine rings is 1. The van der Waals surface area contributed by atoms with Crippen LogP contribution in [0.2, 0.25) is 5.02 Å². The number of nitrogens with zero attached hydrogens (tertiary/aromatic N) is 7. The first-order valence-corrected chi connectivity index (χ1v) is 14.3. The maximum Gasteiger partial charge on any atom is 0.153 e. The lowest BCUT2D eigenvalue weighted by Crippen LogP contribution is -2.52. The van der Waals surface area contributed by atoms with Gasteiger partial charge in [-0.1, -0.05) is 11.6 Å². The van der Waals surface area contributed by atoms with Gasteiger partial charge >= 0.3 is 0 Å². The molecular formula is C25H26ClN7O2S. The molecule has 0 spiro atoms. The molecule has 3 aliphatic rings. The largest absolute Gasteiger partial charge is 0.357 e. The van der Waals surface area contributed by atoms with Gasteiger partial charge in [-0.05, 0) is 55.7 Å². The number of aromatic nitrogens is 4. The highest BCUT2D eigenvalue weighted by molar-refractivity contribution is 7.92. The van der Waals surface area contributed by atoms with Gasteiger partial charge in [-0.25, -0.2) is 13.4 Å². The van der Waals surface area contributed by atoms with Gasteiger partial charge in [0, 0.05) is 36.6 Å². The van der Waals surface area contributed by atoms with Gasteiger partial charge in [-0.3, -0.25) is 9.47 Å². The van der Waals surface area contributed by atoms with Crippen LogP contribution < -0.4 is 4.90 Å². The molecule has 0 radical (unpaired) electrons. The molecule has 9 nitrogen and oxygen atoms in total. The highest BCUT2D eigenvalue weighted by Gasteiger charge is 2.40. The number of benzene rings is 1. The van der Waals surface area contributed by atoms with Crippen molar-refractivity contribution in [3.05, 3.63) is 63.8 Å². The number of anilines is 1. The Morgan fingerprint density at radius 2 is 1.86 bits per heavy atom. The van der Waals surface area contributed by atoms with Crippen molar-refractivity contribution in [2.24, 2.45) is 0 Å². The molecule has 2 saturated heterocycles. The Balaban J connectivity index is 1.27. The van der Waals surface area contributed by atoms with Gasteiger partial charge in [0.1, 0.15) is 17.7 Å². The average Bonchev–Trinajstić information content (AvgIpc) is 3.18. The summed E-state index contributed by atoms with van der Waals surface area (Å²) < 4.78 is 25.9.